The van der Waals surface area contributed by atoms with Crippen LogP contribution in [-0.4, -0.2) is 32.0 Å². The van der Waals surface area contributed by atoms with E-state index in [9.17, 15) is 23.3 Å². The number of non-ortho nitro benzene ring substituents is 1. The van der Waals surface area contributed by atoms with E-state index in [0.717, 1.165) is 10.4 Å². The lowest BCUT2D eigenvalue weighted by atomic mass is 10.2. The summed E-state index contributed by atoms with van der Waals surface area (Å²) in [5.74, 6) is -0.792. The highest BCUT2D eigenvalue weighted by Crippen LogP contribution is 2.33. The summed E-state index contributed by atoms with van der Waals surface area (Å²) in [4.78, 5) is 22.4. The molecule has 0 bridgehead atoms. The number of esters is 1. The molecule has 8 nitrogen and oxygen atoms in total. The zero-order chi connectivity index (χ0) is 21.9. The summed E-state index contributed by atoms with van der Waals surface area (Å²) >= 11 is 12.0. The lowest BCUT2D eigenvalue weighted by molar-refractivity contribution is -0.384. The Kier molecular flexibility index (Phi) is 7.10. The van der Waals surface area contributed by atoms with Gasteiger partial charge in [-0.15, -0.1) is 0 Å². The summed E-state index contributed by atoms with van der Waals surface area (Å²) in [5.41, 5.74) is 0.139. The number of nitro groups is 1. The number of nitro benzene ring substituents is 1. The molecule has 0 aliphatic heterocycles. The molecule has 0 atom stereocenters. The quantitative estimate of drug-likeness (QED) is 0.345. The van der Waals surface area contributed by atoms with E-state index in [-0.39, 0.29) is 31.9 Å². The van der Waals surface area contributed by atoms with Crippen LogP contribution in [-0.2, 0) is 19.6 Å². The fraction of sp³-hybridized carbons (Fsp3) is 0.278. The first-order valence-electron chi connectivity index (χ1n) is 8.35. The molecule has 0 spiro atoms. The molecule has 0 saturated heterocycles. The van der Waals surface area contributed by atoms with Crippen molar-refractivity contribution in [1.29, 1.82) is 0 Å². The molecule has 29 heavy (non-hydrogen) atoms. The van der Waals surface area contributed by atoms with Crippen molar-refractivity contribution in [2.75, 3.05) is 10.8 Å². The molecule has 156 valence electrons. The molecule has 0 heterocycles. The Bertz CT molecular complexity index is 1060. The molecular formula is C18H18Cl2N2O6S. The van der Waals surface area contributed by atoms with Gasteiger partial charge in [0.1, 0.15) is 11.4 Å². The van der Waals surface area contributed by atoms with E-state index in [1.54, 1.807) is 13.8 Å². The Hall–Kier alpha value is -2.36. The second-order valence-corrected chi connectivity index (χ2v) is 9.03. The van der Waals surface area contributed by atoms with Crippen LogP contribution in [0.5, 0.6) is 0 Å². The topological polar surface area (TPSA) is 107 Å². The first-order chi connectivity index (χ1) is 13.4. The SMILES string of the molecule is Cc1cc([N+](=O)[O-])ccc1N(CC(=O)OC(C)C)S(=O)(=O)c1cc(Cl)ccc1Cl. The number of anilines is 1. The minimum absolute atomic E-state index is 0.0762. The third kappa shape index (κ3) is 5.37. The molecule has 0 radical (unpaired) electrons. The number of carbonyl (C=O) groups excluding carboxylic acids is 1. The first-order valence-corrected chi connectivity index (χ1v) is 10.6. The van der Waals surface area contributed by atoms with Gasteiger partial charge in [0.2, 0.25) is 0 Å². The summed E-state index contributed by atoms with van der Waals surface area (Å²) in [7, 11) is -4.35. The molecule has 11 heteroatoms. The van der Waals surface area contributed by atoms with Crippen molar-refractivity contribution in [3.05, 3.63) is 62.1 Å². The van der Waals surface area contributed by atoms with E-state index in [1.807, 2.05) is 0 Å². The van der Waals surface area contributed by atoms with Crippen molar-refractivity contribution >= 4 is 50.6 Å². The van der Waals surface area contributed by atoms with Gasteiger partial charge in [0.05, 0.1) is 21.7 Å². The number of benzene rings is 2. The fourth-order valence-electron chi connectivity index (χ4n) is 2.54. The number of sulfonamides is 1. The molecule has 0 unspecified atom stereocenters. The third-order valence-corrected chi connectivity index (χ3v) is 6.24. The Morgan fingerprint density at radius 3 is 2.41 bits per heavy atom. The highest BCUT2D eigenvalue weighted by atomic mass is 35.5. The van der Waals surface area contributed by atoms with Gasteiger partial charge in [0.15, 0.2) is 0 Å². The summed E-state index contributed by atoms with van der Waals surface area (Å²) in [5, 5.41) is 11.1. The lowest BCUT2D eigenvalue weighted by Crippen LogP contribution is -2.37. The molecule has 0 aromatic heterocycles. The van der Waals surface area contributed by atoms with Crippen molar-refractivity contribution in [2.45, 2.75) is 31.8 Å². The standard InChI is InChI=1S/C18H18Cl2N2O6S/c1-11(2)28-18(23)10-21(16-7-5-14(22(24)25)8-12(16)3)29(26,27)17-9-13(19)4-6-15(17)20/h4-9,11H,10H2,1-3H3. The van der Waals surface area contributed by atoms with Crippen molar-refractivity contribution in [2.24, 2.45) is 0 Å². The first kappa shape index (κ1) is 22.9. The van der Waals surface area contributed by atoms with Crippen LogP contribution in [0.25, 0.3) is 0 Å². The van der Waals surface area contributed by atoms with Gasteiger partial charge >= 0.3 is 5.97 Å². The van der Waals surface area contributed by atoms with Crippen LogP contribution in [0.2, 0.25) is 10.0 Å². The van der Waals surface area contributed by atoms with Crippen molar-refractivity contribution in [1.82, 2.24) is 0 Å². The van der Waals surface area contributed by atoms with Crippen molar-refractivity contribution < 1.29 is 22.9 Å². The zero-order valence-electron chi connectivity index (χ0n) is 15.8. The fourth-order valence-corrected chi connectivity index (χ4v) is 4.76. The second kappa shape index (κ2) is 8.98. The van der Waals surface area contributed by atoms with Crippen molar-refractivity contribution in [3.63, 3.8) is 0 Å². The van der Waals surface area contributed by atoms with E-state index in [2.05, 4.69) is 0 Å². The number of hydrogen-bond donors (Lipinski definition) is 0. The Morgan fingerprint density at radius 2 is 1.86 bits per heavy atom. The Balaban J connectivity index is 2.63. The predicted molar refractivity (Wildman–Crippen MR) is 110 cm³/mol. The largest absolute Gasteiger partial charge is 0.462 e. The number of nitrogens with zero attached hydrogens (tertiary/aromatic N) is 2. The van der Waals surface area contributed by atoms with E-state index < -0.39 is 33.6 Å². The van der Waals surface area contributed by atoms with E-state index in [1.165, 1.54) is 37.3 Å². The Morgan fingerprint density at radius 1 is 1.21 bits per heavy atom. The normalized spacial score (nSPS) is 11.4. The minimum Gasteiger partial charge on any atom is -0.462 e. The molecular weight excluding hydrogens is 443 g/mol. The van der Waals surface area contributed by atoms with Gasteiger partial charge in [-0.05, 0) is 50.6 Å². The van der Waals surface area contributed by atoms with Crippen LogP contribution in [0, 0.1) is 17.0 Å². The van der Waals surface area contributed by atoms with Crippen LogP contribution in [0.3, 0.4) is 0 Å². The molecule has 0 N–H and O–H groups in total. The van der Waals surface area contributed by atoms with Crippen LogP contribution >= 0.6 is 23.2 Å². The highest BCUT2D eigenvalue weighted by Gasteiger charge is 2.31. The monoisotopic (exact) mass is 460 g/mol. The molecule has 0 fully saturated rings. The summed E-state index contributed by atoms with van der Waals surface area (Å²) in [6, 6.07) is 7.54. The Labute approximate surface area is 178 Å². The number of ether oxygens (including phenoxy) is 1. The van der Waals surface area contributed by atoms with Gasteiger partial charge in [-0.25, -0.2) is 8.42 Å². The number of carbonyl (C=O) groups is 1. The maximum absolute atomic E-state index is 13.3. The van der Waals surface area contributed by atoms with Gasteiger partial charge in [-0.3, -0.25) is 19.2 Å². The minimum atomic E-state index is -4.35. The van der Waals surface area contributed by atoms with Gasteiger partial charge in [-0.2, -0.15) is 0 Å². The predicted octanol–water partition coefficient (Wildman–Crippen LogP) is 4.36. The number of hydrogen-bond acceptors (Lipinski definition) is 6. The highest BCUT2D eigenvalue weighted by molar-refractivity contribution is 7.93. The van der Waals surface area contributed by atoms with Crippen LogP contribution in [0.1, 0.15) is 19.4 Å². The van der Waals surface area contributed by atoms with Gasteiger partial charge in [0.25, 0.3) is 15.7 Å². The van der Waals surface area contributed by atoms with Gasteiger partial charge < -0.3 is 4.74 Å². The number of rotatable bonds is 7. The average molecular weight is 461 g/mol. The van der Waals surface area contributed by atoms with E-state index >= 15 is 0 Å². The third-order valence-electron chi connectivity index (χ3n) is 3.76. The summed E-state index contributed by atoms with van der Waals surface area (Å²) < 4.78 is 32.6. The van der Waals surface area contributed by atoms with Crippen molar-refractivity contribution in [3.8, 4) is 0 Å². The van der Waals surface area contributed by atoms with Gasteiger partial charge in [-0.1, -0.05) is 23.2 Å². The van der Waals surface area contributed by atoms with Crippen LogP contribution < -0.4 is 4.31 Å². The molecule has 2 aromatic rings. The van der Waals surface area contributed by atoms with E-state index in [0.29, 0.717) is 0 Å². The number of halogens is 2. The van der Waals surface area contributed by atoms with E-state index in [4.69, 9.17) is 27.9 Å². The second-order valence-electron chi connectivity index (χ2n) is 6.35. The molecule has 0 aliphatic rings. The smallest absolute Gasteiger partial charge is 0.327 e. The summed E-state index contributed by atoms with van der Waals surface area (Å²) in [6.45, 7) is 4.10. The maximum atomic E-state index is 13.3. The lowest BCUT2D eigenvalue weighted by Gasteiger charge is -2.26. The zero-order valence-corrected chi connectivity index (χ0v) is 18.1. The molecule has 2 rings (SSSR count). The number of aryl methyl sites for hydroxylation is 1. The molecule has 0 amide bonds. The van der Waals surface area contributed by atoms with Crippen LogP contribution in [0.15, 0.2) is 41.3 Å². The maximum Gasteiger partial charge on any atom is 0.327 e. The molecule has 0 saturated carbocycles. The molecule has 2 aromatic carbocycles. The van der Waals surface area contributed by atoms with Gasteiger partial charge in [0, 0.05) is 17.2 Å². The average Bonchev–Trinajstić information content (AvgIpc) is 2.61. The summed E-state index contributed by atoms with van der Waals surface area (Å²) in [6.07, 6.45) is -0.459. The molecule has 0 aliphatic carbocycles. The van der Waals surface area contributed by atoms with Crippen LogP contribution in [0.4, 0.5) is 11.4 Å².